The first-order valence-electron chi connectivity index (χ1n) is 11.2. The van der Waals surface area contributed by atoms with Gasteiger partial charge in [0.2, 0.25) is 11.9 Å². The molecule has 0 saturated carbocycles. The zero-order valence-electron chi connectivity index (χ0n) is 18.5. The van der Waals surface area contributed by atoms with E-state index in [0.29, 0.717) is 30.3 Å². The second-order valence-corrected chi connectivity index (χ2v) is 9.46. The highest BCUT2D eigenvalue weighted by atomic mass is 32.1. The number of hydrogen-bond acceptors (Lipinski definition) is 5. The van der Waals surface area contributed by atoms with Gasteiger partial charge in [-0.1, -0.05) is 48.0 Å². The first-order chi connectivity index (χ1) is 16.1. The van der Waals surface area contributed by atoms with E-state index < -0.39 is 0 Å². The van der Waals surface area contributed by atoms with Crippen molar-refractivity contribution in [3.8, 4) is 0 Å². The number of anilines is 2. The molecular formula is C26H26N4O2S. The first-order valence-corrected chi connectivity index (χ1v) is 12.1. The van der Waals surface area contributed by atoms with Crippen molar-refractivity contribution in [2.24, 2.45) is 5.92 Å². The van der Waals surface area contributed by atoms with Crippen LogP contribution in [0.3, 0.4) is 0 Å². The maximum atomic E-state index is 13.3. The van der Waals surface area contributed by atoms with E-state index in [9.17, 15) is 9.59 Å². The third-order valence-corrected chi connectivity index (χ3v) is 7.09. The Hall–Kier alpha value is -3.45. The summed E-state index contributed by atoms with van der Waals surface area (Å²) in [6.45, 7) is 3.90. The van der Waals surface area contributed by atoms with Crippen molar-refractivity contribution in [3.05, 3.63) is 87.5 Å². The van der Waals surface area contributed by atoms with E-state index in [1.165, 1.54) is 16.9 Å². The quantitative estimate of drug-likeness (QED) is 0.472. The molecule has 1 fully saturated rings. The summed E-state index contributed by atoms with van der Waals surface area (Å²) >= 11 is 1.43. The molecule has 1 aliphatic rings. The van der Waals surface area contributed by atoms with Gasteiger partial charge < -0.3 is 10.2 Å². The SMILES string of the molecule is Cc1ccc(Cn2c(N3CCC(C(=O)Nc4ccccc4)CC3)nc3ccsc3c2=O)cc1. The van der Waals surface area contributed by atoms with Crippen molar-refractivity contribution in [2.45, 2.75) is 26.3 Å². The van der Waals surface area contributed by atoms with Gasteiger partial charge in [0.15, 0.2) is 0 Å². The predicted molar refractivity (Wildman–Crippen MR) is 134 cm³/mol. The molecular weight excluding hydrogens is 432 g/mol. The molecule has 1 N–H and O–H groups in total. The lowest BCUT2D eigenvalue weighted by Gasteiger charge is -2.33. The number of piperidine rings is 1. The number of fused-ring (bicyclic) bond motifs is 1. The fraction of sp³-hybridized carbons (Fsp3) is 0.269. The summed E-state index contributed by atoms with van der Waals surface area (Å²) in [7, 11) is 0. The van der Waals surface area contributed by atoms with Gasteiger partial charge in [-0.3, -0.25) is 14.2 Å². The number of benzene rings is 2. The number of rotatable bonds is 5. The van der Waals surface area contributed by atoms with E-state index in [-0.39, 0.29) is 17.4 Å². The van der Waals surface area contributed by atoms with Gasteiger partial charge in [-0.15, -0.1) is 11.3 Å². The molecule has 33 heavy (non-hydrogen) atoms. The van der Waals surface area contributed by atoms with Gasteiger partial charge in [-0.2, -0.15) is 0 Å². The van der Waals surface area contributed by atoms with Crippen molar-refractivity contribution < 1.29 is 4.79 Å². The molecule has 0 unspecified atom stereocenters. The number of thiophene rings is 1. The molecule has 4 aromatic rings. The molecule has 168 valence electrons. The molecule has 2 aromatic heterocycles. The highest BCUT2D eigenvalue weighted by Crippen LogP contribution is 2.26. The highest BCUT2D eigenvalue weighted by Gasteiger charge is 2.28. The minimum atomic E-state index is -0.0522. The van der Waals surface area contributed by atoms with E-state index in [2.05, 4.69) is 41.4 Å². The van der Waals surface area contributed by atoms with Crippen LogP contribution in [0.2, 0.25) is 0 Å². The van der Waals surface area contributed by atoms with Crippen molar-refractivity contribution in [3.63, 3.8) is 0 Å². The zero-order chi connectivity index (χ0) is 22.8. The maximum Gasteiger partial charge on any atom is 0.273 e. The van der Waals surface area contributed by atoms with Crippen LogP contribution in [0.4, 0.5) is 11.6 Å². The summed E-state index contributed by atoms with van der Waals surface area (Å²) in [6, 6.07) is 19.7. The number of nitrogens with zero attached hydrogens (tertiary/aromatic N) is 3. The standard InChI is InChI=1S/C26H26N4O2S/c1-18-7-9-19(10-8-18)17-30-25(32)23-22(13-16-33-23)28-26(30)29-14-11-20(12-15-29)24(31)27-21-5-3-2-4-6-21/h2-10,13,16,20H,11-12,14-15,17H2,1H3,(H,27,31). The van der Waals surface area contributed by atoms with Crippen LogP contribution in [0.25, 0.3) is 10.2 Å². The van der Waals surface area contributed by atoms with Crippen LogP contribution in [-0.4, -0.2) is 28.5 Å². The number of amides is 1. The Labute approximate surface area is 196 Å². The molecule has 0 radical (unpaired) electrons. The summed E-state index contributed by atoms with van der Waals surface area (Å²) in [5, 5.41) is 4.93. The van der Waals surface area contributed by atoms with Crippen LogP contribution in [-0.2, 0) is 11.3 Å². The fourth-order valence-electron chi connectivity index (χ4n) is 4.30. The summed E-state index contributed by atoms with van der Waals surface area (Å²) in [4.78, 5) is 33.1. The maximum absolute atomic E-state index is 13.3. The first kappa shape index (κ1) is 21.4. The van der Waals surface area contributed by atoms with Gasteiger partial charge in [0, 0.05) is 24.7 Å². The number of hydrogen-bond donors (Lipinski definition) is 1. The van der Waals surface area contributed by atoms with Crippen LogP contribution >= 0.6 is 11.3 Å². The van der Waals surface area contributed by atoms with Crippen molar-refractivity contribution in [1.82, 2.24) is 9.55 Å². The summed E-state index contributed by atoms with van der Waals surface area (Å²) in [5.41, 5.74) is 3.81. The number of para-hydroxylation sites is 1. The van der Waals surface area contributed by atoms with E-state index in [1.54, 1.807) is 4.57 Å². The lowest BCUT2D eigenvalue weighted by molar-refractivity contribution is -0.120. The largest absolute Gasteiger partial charge is 0.342 e. The lowest BCUT2D eigenvalue weighted by atomic mass is 9.96. The highest BCUT2D eigenvalue weighted by molar-refractivity contribution is 7.17. The topological polar surface area (TPSA) is 67.2 Å². The van der Waals surface area contributed by atoms with Crippen LogP contribution in [0.1, 0.15) is 24.0 Å². The molecule has 6 nitrogen and oxygen atoms in total. The molecule has 2 aromatic carbocycles. The van der Waals surface area contributed by atoms with E-state index in [4.69, 9.17) is 4.98 Å². The Morgan fingerprint density at radius 3 is 2.52 bits per heavy atom. The lowest BCUT2D eigenvalue weighted by Crippen LogP contribution is -2.41. The molecule has 0 aliphatic carbocycles. The molecule has 1 saturated heterocycles. The van der Waals surface area contributed by atoms with E-state index in [0.717, 1.165) is 29.6 Å². The minimum Gasteiger partial charge on any atom is -0.342 e. The third kappa shape index (κ3) is 4.54. The summed E-state index contributed by atoms with van der Waals surface area (Å²) < 4.78 is 2.47. The number of aryl methyl sites for hydroxylation is 1. The Morgan fingerprint density at radius 2 is 1.79 bits per heavy atom. The zero-order valence-corrected chi connectivity index (χ0v) is 19.3. The third-order valence-electron chi connectivity index (χ3n) is 6.20. The van der Waals surface area contributed by atoms with Crippen LogP contribution in [0, 0.1) is 12.8 Å². The Morgan fingerprint density at radius 1 is 1.06 bits per heavy atom. The van der Waals surface area contributed by atoms with E-state index >= 15 is 0 Å². The number of carbonyl (C=O) groups is 1. The molecule has 0 bridgehead atoms. The number of aromatic nitrogens is 2. The Kier molecular flexibility index (Phi) is 5.96. The van der Waals surface area contributed by atoms with Crippen LogP contribution in [0.5, 0.6) is 0 Å². The van der Waals surface area contributed by atoms with Gasteiger partial charge >= 0.3 is 0 Å². The molecule has 0 atom stereocenters. The van der Waals surface area contributed by atoms with Crippen LogP contribution < -0.4 is 15.8 Å². The second kappa shape index (κ2) is 9.19. The second-order valence-electron chi connectivity index (χ2n) is 8.54. The van der Waals surface area contributed by atoms with Gasteiger partial charge in [-0.05, 0) is 48.9 Å². The van der Waals surface area contributed by atoms with Crippen LogP contribution in [0.15, 0.2) is 70.8 Å². The predicted octanol–water partition coefficient (Wildman–Crippen LogP) is 4.67. The summed E-state index contributed by atoms with van der Waals surface area (Å²) in [5.74, 6) is 0.691. The average molecular weight is 459 g/mol. The summed E-state index contributed by atoms with van der Waals surface area (Å²) in [6.07, 6.45) is 1.45. The molecule has 3 heterocycles. The monoisotopic (exact) mass is 458 g/mol. The molecule has 1 amide bonds. The number of carbonyl (C=O) groups excluding carboxylic acids is 1. The Balaban J connectivity index is 1.37. The fourth-order valence-corrected chi connectivity index (χ4v) is 5.08. The van der Waals surface area contributed by atoms with Gasteiger partial charge in [0.05, 0.1) is 12.1 Å². The average Bonchev–Trinajstić information content (AvgIpc) is 3.32. The molecule has 5 rings (SSSR count). The van der Waals surface area contributed by atoms with Crippen molar-refractivity contribution >= 4 is 39.1 Å². The molecule has 1 aliphatic heterocycles. The van der Waals surface area contributed by atoms with Crippen molar-refractivity contribution in [1.29, 1.82) is 0 Å². The van der Waals surface area contributed by atoms with E-state index in [1.807, 2.05) is 41.8 Å². The van der Waals surface area contributed by atoms with Gasteiger partial charge in [0.1, 0.15) is 4.70 Å². The Bertz CT molecular complexity index is 1320. The van der Waals surface area contributed by atoms with Crippen molar-refractivity contribution in [2.75, 3.05) is 23.3 Å². The number of nitrogens with one attached hydrogen (secondary N) is 1. The molecule has 0 spiro atoms. The van der Waals surface area contributed by atoms with Gasteiger partial charge in [-0.25, -0.2) is 4.98 Å². The van der Waals surface area contributed by atoms with Gasteiger partial charge in [0.25, 0.3) is 5.56 Å². The molecule has 7 heteroatoms. The smallest absolute Gasteiger partial charge is 0.273 e. The normalized spacial score (nSPS) is 14.5. The minimum absolute atomic E-state index is 0.00507.